The number of hydrogen-bond acceptors (Lipinski definition) is 5. The van der Waals surface area contributed by atoms with Crippen LogP contribution in [0.15, 0.2) is 18.3 Å². The lowest BCUT2D eigenvalue weighted by Crippen LogP contribution is -2.51. The number of nitrogens with two attached hydrogens (primary N) is 1. The van der Waals surface area contributed by atoms with Gasteiger partial charge in [-0.25, -0.2) is 4.98 Å². The van der Waals surface area contributed by atoms with E-state index in [1.807, 2.05) is 19.9 Å². The summed E-state index contributed by atoms with van der Waals surface area (Å²) in [5.74, 6) is 0.829. The van der Waals surface area contributed by atoms with Crippen LogP contribution in [-0.4, -0.2) is 59.2 Å². The molecule has 0 atom stereocenters. The van der Waals surface area contributed by atoms with E-state index in [9.17, 15) is 5.11 Å². The molecule has 2 rings (SSSR count). The summed E-state index contributed by atoms with van der Waals surface area (Å²) in [4.78, 5) is 8.75. The number of rotatable bonds is 4. The molecule has 1 saturated heterocycles. The molecule has 6 nitrogen and oxygen atoms in total. The van der Waals surface area contributed by atoms with Crippen molar-refractivity contribution in [2.45, 2.75) is 19.4 Å². The van der Waals surface area contributed by atoms with E-state index in [0.717, 1.165) is 32.0 Å². The average Bonchev–Trinajstić information content (AvgIpc) is 2.38. The van der Waals surface area contributed by atoms with E-state index < -0.39 is 5.60 Å². The van der Waals surface area contributed by atoms with Crippen molar-refractivity contribution in [3.05, 3.63) is 23.9 Å². The Bertz CT molecular complexity index is 475. The molecule has 0 spiro atoms. The molecule has 1 aromatic rings. The predicted molar refractivity (Wildman–Crippen MR) is 80.2 cm³/mol. The molecule has 6 heteroatoms. The first kappa shape index (κ1) is 14.7. The first-order chi connectivity index (χ1) is 9.37. The molecule has 20 heavy (non-hydrogen) atoms. The molecule has 0 unspecified atom stereocenters. The number of pyridine rings is 1. The van der Waals surface area contributed by atoms with Crippen LogP contribution in [-0.2, 0) is 0 Å². The van der Waals surface area contributed by atoms with Gasteiger partial charge >= 0.3 is 0 Å². The molecule has 1 aliphatic heterocycles. The molecule has 1 aromatic heterocycles. The van der Waals surface area contributed by atoms with Gasteiger partial charge in [-0.3, -0.25) is 10.3 Å². The van der Waals surface area contributed by atoms with E-state index in [0.29, 0.717) is 12.1 Å². The minimum atomic E-state index is -0.669. The fraction of sp³-hybridized carbons (Fsp3) is 0.571. The van der Waals surface area contributed by atoms with Crippen molar-refractivity contribution in [1.29, 1.82) is 5.41 Å². The van der Waals surface area contributed by atoms with Crippen LogP contribution in [0, 0.1) is 5.41 Å². The van der Waals surface area contributed by atoms with Crippen molar-refractivity contribution in [3.8, 4) is 0 Å². The Labute approximate surface area is 119 Å². The van der Waals surface area contributed by atoms with E-state index in [1.165, 1.54) is 0 Å². The van der Waals surface area contributed by atoms with Crippen LogP contribution in [0.5, 0.6) is 0 Å². The number of aliphatic hydroxyl groups is 1. The first-order valence-corrected chi connectivity index (χ1v) is 6.86. The zero-order chi connectivity index (χ0) is 14.8. The zero-order valence-corrected chi connectivity index (χ0v) is 12.1. The fourth-order valence-corrected chi connectivity index (χ4v) is 2.52. The smallest absolute Gasteiger partial charge is 0.139 e. The molecule has 4 N–H and O–H groups in total. The highest BCUT2D eigenvalue weighted by atomic mass is 16.3. The van der Waals surface area contributed by atoms with E-state index in [4.69, 9.17) is 11.1 Å². The summed E-state index contributed by atoms with van der Waals surface area (Å²) in [5, 5.41) is 17.5. The standard InChI is InChI=1S/C14H23N5O/c1-14(2,20)10-18-6-8-19(9-7-18)13-11(12(15)16)4-3-5-17-13/h3-5,20H,6-10H2,1-2H3,(H3,15,16). The Balaban J connectivity index is 2.03. The third kappa shape index (κ3) is 3.68. The Hall–Kier alpha value is -1.66. The predicted octanol–water partition coefficient (Wildman–Crippen LogP) is 0.259. The molecule has 0 radical (unpaired) electrons. The number of nitrogens with zero attached hydrogens (tertiary/aromatic N) is 3. The number of β-amino-alcohol motifs (C(OH)–C–C–N with tert-alkyl or cyclic N) is 1. The van der Waals surface area contributed by atoms with Gasteiger partial charge in [-0.05, 0) is 26.0 Å². The Morgan fingerprint density at radius 3 is 2.60 bits per heavy atom. The van der Waals surface area contributed by atoms with Gasteiger partial charge in [0.25, 0.3) is 0 Å². The van der Waals surface area contributed by atoms with Crippen molar-refractivity contribution < 1.29 is 5.11 Å². The van der Waals surface area contributed by atoms with Gasteiger partial charge in [-0.15, -0.1) is 0 Å². The number of nitrogen functional groups attached to an aromatic ring is 1. The maximum Gasteiger partial charge on any atom is 0.139 e. The number of piperazine rings is 1. The van der Waals surface area contributed by atoms with Crippen molar-refractivity contribution >= 4 is 11.7 Å². The van der Waals surface area contributed by atoms with Crippen molar-refractivity contribution in [3.63, 3.8) is 0 Å². The molecule has 2 heterocycles. The molecule has 110 valence electrons. The average molecular weight is 277 g/mol. The van der Waals surface area contributed by atoms with Gasteiger partial charge in [0.15, 0.2) is 0 Å². The second kappa shape index (κ2) is 5.76. The summed E-state index contributed by atoms with van der Waals surface area (Å²) in [6.45, 7) is 7.72. The van der Waals surface area contributed by atoms with Crippen LogP contribution in [0.4, 0.5) is 5.82 Å². The van der Waals surface area contributed by atoms with Crippen LogP contribution >= 0.6 is 0 Å². The summed E-state index contributed by atoms with van der Waals surface area (Å²) in [6, 6.07) is 3.62. The molecule has 0 aliphatic carbocycles. The van der Waals surface area contributed by atoms with Gasteiger partial charge in [0.05, 0.1) is 11.2 Å². The van der Waals surface area contributed by atoms with Crippen LogP contribution < -0.4 is 10.6 Å². The Morgan fingerprint density at radius 1 is 1.40 bits per heavy atom. The van der Waals surface area contributed by atoms with Crippen LogP contribution in [0.3, 0.4) is 0 Å². The summed E-state index contributed by atoms with van der Waals surface area (Å²) in [5.41, 5.74) is 5.62. The lowest BCUT2D eigenvalue weighted by Gasteiger charge is -2.38. The van der Waals surface area contributed by atoms with E-state index in [-0.39, 0.29) is 5.84 Å². The van der Waals surface area contributed by atoms with Gasteiger partial charge in [0.1, 0.15) is 11.7 Å². The quantitative estimate of drug-likeness (QED) is 0.542. The summed E-state index contributed by atoms with van der Waals surface area (Å²) in [7, 11) is 0. The molecule has 1 fully saturated rings. The number of aromatic nitrogens is 1. The minimum Gasteiger partial charge on any atom is -0.389 e. The highest BCUT2D eigenvalue weighted by Gasteiger charge is 2.24. The Kier molecular flexibility index (Phi) is 4.25. The number of amidine groups is 1. The maximum absolute atomic E-state index is 9.86. The van der Waals surface area contributed by atoms with Gasteiger partial charge in [0.2, 0.25) is 0 Å². The molecule has 0 bridgehead atoms. The minimum absolute atomic E-state index is 0.0482. The van der Waals surface area contributed by atoms with Gasteiger partial charge in [-0.1, -0.05) is 0 Å². The van der Waals surface area contributed by atoms with E-state index in [2.05, 4.69) is 14.8 Å². The number of anilines is 1. The third-order valence-corrected chi connectivity index (χ3v) is 3.36. The molecular formula is C14H23N5O. The summed E-state index contributed by atoms with van der Waals surface area (Å²) >= 11 is 0. The first-order valence-electron chi connectivity index (χ1n) is 6.86. The molecular weight excluding hydrogens is 254 g/mol. The lowest BCUT2D eigenvalue weighted by molar-refractivity contribution is 0.0344. The van der Waals surface area contributed by atoms with Crippen molar-refractivity contribution in [2.75, 3.05) is 37.6 Å². The van der Waals surface area contributed by atoms with Crippen LogP contribution in [0.2, 0.25) is 0 Å². The van der Waals surface area contributed by atoms with E-state index >= 15 is 0 Å². The van der Waals surface area contributed by atoms with Gasteiger partial charge in [-0.2, -0.15) is 0 Å². The second-order valence-electron chi connectivity index (χ2n) is 5.86. The molecule has 1 aliphatic rings. The lowest BCUT2D eigenvalue weighted by atomic mass is 10.1. The Morgan fingerprint density at radius 2 is 2.05 bits per heavy atom. The summed E-state index contributed by atoms with van der Waals surface area (Å²) < 4.78 is 0. The number of nitrogens with one attached hydrogen (secondary N) is 1. The zero-order valence-electron chi connectivity index (χ0n) is 12.1. The van der Waals surface area contributed by atoms with Crippen LogP contribution in [0.25, 0.3) is 0 Å². The van der Waals surface area contributed by atoms with Crippen molar-refractivity contribution in [1.82, 2.24) is 9.88 Å². The van der Waals surface area contributed by atoms with Gasteiger partial charge in [0, 0.05) is 38.9 Å². The van der Waals surface area contributed by atoms with E-state index in [1.54, 1.807) is 12.3 Å². The normalized spacial score (nSPS) is 17.2. The molecule has 0 aromatic carbocycles. The highest BCUT2D eigenvalue weighted by Crippen LogP contribution is 2.19. The van der Waals surface area contributed by atoms with Gasteiger partial charge < -0.3 is 15.7 Å². The maximum atomic E-state index is 9.86. The third-order valence-electron chi connectivity index (χ3n) is 3.36. The second-order valence-corrected chi connectivity index (χ2v) is 5.86. The van der Waals surface area contributed by atoms with Crippen molar-refractivity contribution in [2.24, 2.45) is 5.73 Å². The van der Waals surface area contributed by atoms with Crippen LogP contribution in [0.1, 0.15) is 19.4 Å². The number of hydrogen-bond donors (Lipinski definition) is 3. The molecule has 0 saturated carbocycles. The topological polar surface area (TPSA) is 89.5 Å². The summed E-state index contributed by atoms with van der Waals surface area (Å²) in [6.07, 6.45) is 1.73. The highest BCUT2D eigenvalue weighted by molar-refractivity contribution is 5.99. The largest absolute Gasteiger partial charge is 0.389 e. The SMILES string of the molecule is CC(C)(O)CN1CCN(c2ncccc2C(=N)N)CC1. The fourth-order valence-electron chi connectivity index (χ4n) is 2.52. The molecule has 0 amide bonds. The monoisotopic (exact) mass is 277 g/mol.